The molecular weight excluding hydrogens is 98.1 g/mol. The largest absolute Gasteiger partial charge is 0.313 e. The van der Waals surface area contributed by atoms with E-state index in [1.54, 1.807) is 6.21 Å². The van der Waals surface area contributed by atoms with E-state index in [-0.39, 0.29) is 0 Å². The molecule has 0 heterocycles. The fraction of sp³-hybridized carbons (Fsp3) is 0.571. The molecule has 0 aromatic heterocycles. The summed E-state index contributed by atoms with van der Waals surface area (Å²) in [6.07, 6.45) is 6.95. The number of hydrogen-bond donors (Lipinski definition) is 1. The third-order valence-electron chi connectivity index (χ3n) is 1.59. The third kappa shape index (κ3) is 0.971. The van der Waals surface area contributed by atoms with Gasteiger partial charge in [-0.15, -0.1) is 0 Å². The summed E-state index contributed by atoms with van der Waals surface area (Å²) >= 11 is 0. The van der Waals surface area contributed by atoms with Crippen molar-refractivity contribution in [2.75, 3.05) is 0 Å². The van der Waals surface area contributed by atoms with Crippen molar-refractivity contribution in [3.05, 3.63) is 12.2 Å². The van der Waals surface area contributed by atoms with Crippen LogP contribution in [0.15, 0.2) is 12.2 Å². The summed E-state index contributed by atoms with van der Waals surface area (Å²) in [5.74, 6) is 1.13. The van der Waals surface area contributed by atoms with Crippen molar-refractivity contribution in [3.8, 4) is 0 Å². The highest BCUT2D eigenvalue weighted by molar-refractivity contribution is 5.59. The van der Waals surface area contributed by atoms with E-state index in [9.17, 15) is 0 Å². The predicted octanol–water partition coefficient (Wildman–Crippen LogP) is 1.85. The summed E-state index contributed by atoms with van der Waals surface area (Å²) in [4.78, 5) is 0. The molecule has 0 aromatic carbocycles. The highest BCUT2D eigenvalue weighted by Crippen LogP contribution is 2.26. The molecule has 0 fully saturated rings. The molecule has 0 aliphatic heterocycles. The van der Waals surface area contributed by atoms with Gasteiger partial charge >= 0.3 is 0 Å². The lowest BCUT2D eigenvalue weighted by atomic mass is 10.0. The van der Waals surface area contributed by atoms with Gasteiger partial charge in [0.15, 0.2) is 0 Å². The van der Waals surface area contributed by atoms with Gasteiger partial charge in [-0.05, 0) is 12.6 Å². The number of nitrogens with one attached hydrogen (secondary N) is 1. The van der Waals surface area contributed by atoms with Crippen LogP contribution < -0.4 is 0 Å². The first-order chi connectivity index (χ1) is 3.88. The molecule has 1 aliphatic carbocycles. The Bertz CT molecular complexity index is 110. The van der Waals surface area contributed by atoms with E-state index in [2.05, 4.69) is 19.1 Å². The molecule has 1 unspecified atom stereocenters. The summed E-state index contributed by atoms with van der Waals surface area (Å²) in [6, 6.07) is 0. The first kappa shape index (κ1) is 5.54. The number of hydrogen-bond acceptors (Lipinski definition) is 1. The lowest BCUT2D eigenvalue weighted by Gasteiger charge is -2.03. The van der Waals surface area contributed by atoms with Crippen molar-refractivity contribution in [1.29, 1.82) is 5.41 Å². The zero-order chi connectivity index (χ0) is 5.98. The van der Waals surface area contributed by atoms with Crippen LogP contribution in [0.4, 0.5) is 0 Å². The Hall–Kier alpha value is -0.590. The zero-order valence-corrected chi connectivity index (χ0v) is 5.09. The normalized spacial score (nSPS) is 20.6. The lowest BCUT2D eigenvalue weighted by Crippen LogP contribution is -2.01. The molecule has 44 valence electrons. The van der Waals surface area contributed by atoms with E-state index in [1.807, 2.05) is 0 Å². The molecule has 0 bridgehead atoms. The second-order valence-electron chi connectivity index (χ2n) is 2.20. The van der Waals surface area contributed by atoms with E-state index in [0.717, 1.165) is 6.42 Å². The minimum Gasteiger partial charge on any atom is -0.313 e. The molecule has 0 amide bonds. The Morgan fingerprint density at radius 3 is 2.50 bits per heavy atom. The van der Waals surface area contributed by atoms with Gasteiger partial charge in [-0.1, -0.05) is 19.1 Å². The molecule has 1 nitrogen and oxygen atoms in total. The topological polar surface area (TPSA) is 23.9 Å². The SMILES string of the molecule is CCC(C=N)C1C=C1. The molecule has 0 saturated heterocycles. The van der Waals surface area contributed by atoms with Crippen LogP contribution in [0.5, 0.6) is 0 Å². The Balaban J connectivity index is 2.26. The summed E-state index contributed by atoms with van der Waals surface area (Å²) in [7, 11) is 0. The molecular formula is C7H11N. The molecule has 8 heavy (non-hydrogen) atoms. The summed E-state index contributed by atoms with van der Waals surface area (Å²) in [5, 5.41) is 6.97. The molecule has 0 aromatic rings. The van der Waals surface area contributed by atoms with Crippen molar-refractivity contribution in [3.63, 3.8) is 0 Å². The Morgan fingerprint density at radius 1 is 1.75 bits per heavy atom. The molecule has 1 atom stereocenters. The zero-order valence-electron chi connectivity index (χ0n) is 5.09. The monoisotopic (exact) mass is 109 g/mol. The first-order valence-corrected chi connectivity index (χ1v) is 3.07. The molecule has 0 spiro atoms. The van der Waals surface area contributed by atoms with Crippen molar-refractivity contribution in [1.82, 2.24) is 0 Å². The van der Waals surface area contributed by atoms with Gasteiger partial charge in [0.2, 0.25) is 0 Å². The second-order valence-corrected chi connectivity index (χ2v) is 2.20. The van der Waals surface area contributed by atoms with Gasteiger partial charge in [0.25, 0.3) is 0 Å². The Morgan fingerprint density at radius 2 is 2.38 bits per heavy atom. The van der Waals surface area contributed by atoms with Crippen molar-refractivity contribution < 1.29 is 0 Å². The van der Waals surface area contributed by atoms with Crippen molar-refractivity contribution >= 4 is 6.21 Å². The van der Waals surface area contributed by atoms with E-state index in [4.69, 9.17) is 5.41 Å². The van der Waals surface area contributed by atoms with Gasteiger partial charge in [-0.3, -0.25) is 0 Å². The molecule has 0 radical (unpaired) electrons. The highest BCUT2D eigenvalue weighted by Gasteiger charge is 2.19. The van der Waals surface area contributed by atoms with Gasteiger partial charge in [0, 0.05) is 11.8 Å². The van der Waals surface area contributed by atoms with Crippen molar-refractivity contribution in [2.45, 2.75) is 13.3 Å². The summed E-state index contributed by atoms with van der Waals surface area (Å²) < 4.78 is 0. The van der Waals surface area contributed by atoms with Crippen LogP contribution in [0, 0.1) is 17.2 Å². The smallest absolute Gasteiger partial charge is 0.00301 e. The maximum Gasteiger partial charge on any atom is 0.00301 e. The van der Waals surface area contributed by atoms with Crippen LogP contribution in [0.3, 0.4) is 0 Å². The Kier molecular flexibility index (Phi) is 1.47. The van der Waals surface area contributed by atoms with Crippen LogP contribution >= 0.6 is 0 Å². The Labute approximate surface area is 49.9 Å². The standard InChI is InChI=1S/C7H11N/c1-2-6(5-8)7-3-4-7/h3-8H,2H2,1H3. The van der Waals surface area contributed by atoms with Crippen LogP contribution in [0.1, 0.15) is 13.3 Å². The number of rotatable bonds is 3. The summed E-state index contributed by atoms with van der Waals surface area (Å²) in [6.45, 7) is 2.12. The van der Waals surface area contributed by atoms with E-state index in [0.29, 0.717) is 11.8 Å². The van der Waals surface area contributed by atoms with Crippen LogP contribution in [-0.2, 0) is 0 Å². The van der Waals surface area contributed by atoms with E-state index >= 15 is 0 Å². The fourth-order valence-corrected chi connectivity index (χ4v) is 0.851. The average Bonchev–Trinajstić information content (AvgIpc) is 2.53. The highest BCUT2D eigenvalue weighted by atomic mass is 14.4. The van der Waals surface area contributed by atoms with Gasteiger partial charge in [0.05, 0.1) is 0 Å². The minimum atomic E-state index is 0.495. The second kappa shape index (κ2) is 2.12. The molecule has 1 rings (SSSR count). The van der Waals surface area contributed by atoms with Gasteiger partial charge in [-0.25, -0.2) is 0 Å². The van der Waals surface area contributed by atoms with Gasteiger partial charge in [0.1, 0.15) is 0 Å². The molecule has 1 aliphatic rings. The maximum atomic E-state index is 6.97. The molecule has 1 N–H and O–H groups in total. The predicted molar refractivity (Wildman–Crippen MR) is 35.2 cm³/mol. The average molecular weight is 109 g/mol. The minimum absolute atomic E-state index is 0.495. The first-order valence-electron chi connectivity index (χ1n) is 3.07. The lowest BCUT2D eigenvalue weighted by molar-refractivity contribution is 0.631. The fourth-order valence-electron chi connectivity index (χ4n) is 0.851. The number of allylic oxidation sites excluding steroid dienone is 2. The van der Waals surface area contributed by atoms with Crippen molar-refractivity contribution in [2.24, 2.45) is 11.8 Å². The van der Waals surface area contributed by atoms with Crippen LogP contribution in [0.25, 0.3) is 0 Å². The summed E-state index contributed by atoms with van der Waals surface area (Å²) in [5.41, 5.74) is 0. The van der Waals surface area contributed by atoms with E-state index in [1.165, 1.54) is 0 Å². The maximum absolute atomic E-state index is 6.97. The third-order valence-corrected chi connectivity index (χ3v) is 1.59. The quantitative estimate of drug-likeness (QED) is 0.422. The molecule has 1 heteroatoms. The molecule has 0 saturated carbocycles. The van der Waals surface area contributed by atoms with E-state index < -0.39 is 0 Å². The van der Waals surface area contributed by atoms with Crippen LogP contribution in [0.2, 0.25) is 0 Å². The van der Waals surface area contributed by atoms with Gasteiger partial charge < -0.3 is 5.41 Å². The van der Waals surface area contributed by atoms with Crippen LogP contribution in [-0.4, -0.2) is 6.21 Å². The van der Waals surface area contributed by atoms with Gasteiger partial charge in [-0.2, -0.15) is 0 Å².